The second kappa shape index (κ2) is 12.1. The quantitative estimate of drug-likeness (QED) is 0.726. The van der Waals surface area contributed by atoms with E-state index in [1.54, 1.807) is 11.3 Å². The molecule has 26 heavy (non-hydrogen) atoms. The second-order valence-electron chi connectivity index (χ2n) is 6.40. The van der Waals surface area contributed by atoms with Crippen molar-refractivity contribution < 1.29 is 14.3 Å². The van der Waals surface area contributed by atoms with E-state index in [1.165, 1.54) is 4.88 Å². The third-order valence-electron chi connectivity index (χ3n) is 4.90. The molecule has 9 heteroatoms. The van der Waals surface area contributed by atoms with Gasteiger partial charge in [0.15, 0.2) is 0 Å². The van der Waals surface area contributed by atoms with Crippen molar-refractivity contribution in [2.24, 2.45) is 11.7 Å². The van der Waals surface area contributed by atoms with Crippen molar-refractivity contribution in [3.8, 4) is 0 Å². The molecule has 150 valence electrons. The molecule has 2 saturated heterocycles. The van der Waals surface area contributed by atoms with Crippen molar-refractivity contribution >= 4 is 42.1 Å². The van der Waals surface area contributed by atoms with E-state index in [4.69, 9.17) is 15.2 Å². The van der Waals surface area contributed by atoms with Gasteiger partial charge < -0.3 is 20.5 Å². The summed E-state index contributed by atoms with van der Waals surface area (Å²) in [6.07, 6.45) is 1.73. The molecule has 2 atom stereocenters. The topological polar surface area (TPSA) is 76.8 Å². The number of ether oxygens (including phenoxy) is 2. The lowest BCUT2D eigenvalue weighted by Gasteiger charge is -2.34. The van der Waals surface area contributed by atoms with Crippen LogP contribution in [0.25, 0.3) is 0 Å². The Morgan fingerprint density at radius 1 is 1.23 bits per heavy atom. The maximum absolute atomic E-state index is 12.5. The van der Waals surface area contributed by atoms with Crippen LogP contribution in [0.4, 0.5) is 0 Å². The van der Waals surface area contributed by atoms with Crippen LogP contribution >= 0.6 is 36.2 Å². The Labute approximate surface area is 171 Å². The molecular weight excluding hydrogens is 397 g/mol. The van der Waals surface area contributed by atoms with Crippen LogP contribution < -0.4 is 11.1 Å². The maximum atomic E-state index is 12.5. The number of amides is 1. The largest absolute Gasteiger partial charge is 0.381 e. The number of carbonyl (C=O) groups excluding carboxylic acids is 1. The zero-order chi connectivity index (χ0) is 16.8. The molecule has 1 amide bonds. The molecule has 0 bridgehead atoms. The zero-order valence-electron chi connectivity index (χ0n) is 14.8. The van der Waals surface area contributed by atoms with Gasteiger partial charge in [-0.2, -0.15) is 0 Å². The fourth-order valence-corrected chi connectivity index (χ4v) is 4.24. The predicted molar refractivity (Wildman–Crippen MR) is 108 cm³/mol. The Hall–Kier alpha value is -0.410. The lowest BCUT2D eigenvalue weighted by Crippen LogP contribution is -2.50. The number of thiophene rings is 1. The minimum absolute atomic E-state index is 0. The highest BCUT2D eigenvalue weighted by molar-refractivity contribution is 7.10. The van der Waals surface area contributed by atoms with E-state index in [0.717, 1.165) is 39.1 Å². The molecule has 3 heterocycles. The molecule has 2 aliphatic rings. The first-order valence-electron chi connectivity index (χ1n) is 8.72. The van der Waals surface area contributed by atoms with E-state index in [-0.39, 0.29) is 42.7 Å². The number of morpholine rings is 1. The third kappa shape index (κ3) is 6.34. The average molecular weight is 426 g/mol. The summed E-state index contributed by atoms with van der Waals surface area (Å²) in [6, 6.07) is 3.94. The fourth-order valence-electron chi connectivity index (χ4n) is 3.38. The molecule has 2 aliphatic heterocycles. The van der Waals surface area contributed by atoms with E-state index in [9.17, 15) is 4.79 Å². The van der Waals surface area contributed by atoms with Crippen molar-refractivity contribution in [3.05, 3.63) is 22.4 Å². The molecule has 1 aromatic heterocycles. The number of nitrogens with one attached hydrogen (secondary N) is 1. The maximum Gasteiger partial charge on any atom is 0.237 e. The van der Waals surface area contributed by atoms with Gasteiger partial charge in [-0.25, -0.2) is 0 Å². The van der Waals surface area contributed by atoms with E-state index >= 15 is 0 Å². The number of carbonyl (C=O) groups is 1. The van der Waals surface area contributed by atoms with Crippen LogP contribution in [0.2, 0.25) is 0 Å². The monoisotopic (exact) mass is 425 g/mol. The van der Waals surface area contributed by atoms with Gasteiger partial charge in [0.05, 0.1) is 25.3 Å². The highest BCUT2D eigenvalue weighted by Crippen LogP contribution is 2.25. The van der Waals surface area contributed by atoms with E-state index in [2.05, 4.69) is 27.7 Å². The van der Waals surface area contributed by atoms with Crippen molar-refractivity contribution in [1.82, 2.24) is 10.2 Å². The molecule has 0 aromatic carbocycles. The van der Waals surface area contributed by atoms with E-state index in [1.807, 2.05) is 0 Å². The predicted octanol–water partition coefficient (Wildman–Crippen LogP) is 1.84. The number of hydrogen-bond acceptors (Lipinski definition) is 6. The smallest absolute Gasteiger partial charge is 0.237 e. The van der Waals surface area contributed by atoms with Gasteiger partial charge in [0.1, 0.15) is 0 Å². The third-order valence-corrected chi connectivity index (χ3v) is 5.88. The number of rotatable bonds is 6. The summed E-state index contributed by atoms with van der Waals surface area (Å²) < 4.78 is 10.8. The molecule has 0 radical (unpaired) electrons. The van der Waals surface area contributed by atoms with Gasteiger partial charge in [-0.15, -0.1) is 36.2 Å². The van der Waals surface area contributed by atoms with E-state index in [0.29, 0.717) is 19.8 Å². The van der Waals surface area contributed by atoms with Crippen molar-refractivity contribution in [3.63, 3.8) is 0 Å². The van der Waals surface area contributed by atoms with Crippen LogP contribution in [-0.2, 0) is 14.3 Å². The minimum atomic E-state index is -0.442. The van der Waals surface area contributed by atoms with Crippen molar-refractivity contribution in [1.29, 1.82) is 0 Å². The molecule has 2 unspecified atom stereocenters. The first-order valence-corrected chi connectivity index (χ1v) is 9.60. The summed E-state index contributed by atoms with van der Waals surface area (Å²) in [6.45, 7) is 5.29. The van der Waals surface area contributed by atoms with Gasteiger partial charge in [-0.05, 0) is 30.2 Å². The Morgan fingerprint density at radius 2 is 1.88 bits per heavy atom. The number of halogens is 2. The van der Waals surface area contributed by atoms with Crippen LogP contribution in [-0.4, -0.2) is 62.9 Å². The molecular formula is C17H29Cl2N3O3S. The molecule has 0 spiro atoms. The van der Waals surface area contributed by atoms with Crippen LogP contribution in [0.15, 0.2) is 17.5 Å². The van der Waals surface area contributed by atoms with Crippen molar-refractivity contribution in [2.45, 2.75) is 24.9 Å². The molecule has 6 nitrogen and oxygen atoms in total. The summed E-state index contributed by atoms with van der Waals surface area (Å²) >= 11 is 1.73. The SMILES string of the molecule is Cl.Cl.NC(C(=O)NCC(c1cccs1)N1CCOCC1)C1CCOCC1. The minimum Gasteiger partial charge on any atom is -0.381 e. The second-order valence-corrected chi connectivity index (χ2v) is 7.38. The number of hydrogen-bond donors (Lipinski definition) is 2. The summed E-state index contributed by atoms with van der Waals surface area (Å²) in [7, 11) is 0. The first kappa shape index (κ1) is 23.6. The fraction of sp³-hybridized carbons (Fsp3) is 0.706. The molecule has 3 rings (SSSR count). The van der Waals surface area contributed by atoms with E-state index < -0.39 is 6.04 Å². The Bertz CT molecular complexity index is 509. The van der Waals surface area contributed by atoms with Gasteiger partial charge >= 0.3 is 0 Å². The Balaban J connectivity index is 0.00000169. The lowest BCUT2D eigenvalue weighted by molar-refractivity contribution is -0.124. The summed E-state index contributed by atoms with van der Waals surface area (Å²) in [5.41, 5.74) is 6.18. The summed E-state index contributed by atoms with van der Waals surface area (Å²) in [4.78, 5) is 16.1. The Morgan fingerprint density at radius 3 is 2.50 bits per heavy atom. The van der Waals surface area contributed by atoms with Crippen molar-refractivity contribution in [2.75, 3.05) is 46.1 Å². The first-order chi connectivity index (χ1) is 11.8. The summed E-state index contributed by atoms with van der Waals surface area (Å²) in [5, 5.41) is 5.17. The highest BCUT2D eigenvalue weighted by Gasteiger charge is 2.28. The zero-order valence-corrected chi connectivity index (χ0v) is 17.3. The molecule has 1 aromatic rings. The number of nitrogens with zero attached hydrogens (tertiary/aromatic N) is 1. The van der Waals surface area contributed by atoms with Gasteiger partial charge in [0.2, 0.25) is 5.91 Å². The molecule has 2 fully saturated rings. The van der Waals surface area contributed by atoms with Gasteiger partial charge in [-0.3, -0.25) is 9.69 Å². The van der Waals surface area contributed by atoms with Gasteiger partial charge in [-0.1, -0.05) is 6.07 Å². The van der Waals surface area contributed by atoms with Crippen LogP contribution in [0.5, 0.6) is 0 Å². The van der Waals surface area contributed by atoms with Gasteiger partial charge in [0.25, 0.3) is 0 Å². The van der Waals surface area contributed by atoms with Crippen LogP contribution in [0.1, 0.15) is 23.8 Å². The standard InChI is InChI=1S/C17H27N3O3S.2ClH/c18-16(13-3-7-22-8-4-13)17(21)19-12-14(15-2-1-11-24-15)20-5-9-23-10-6-20;;/h1-2,11,13-14,16H,3-10,12,18H2,(H,19,21);2*1H. The van der Waals surface area contributed by atoms with Gasteiger partial charge in [0, 0.05) is 37.7 Å². The molecule has 0 aliphatic carbocycles. The lowest BCUT2D eigenvalue weighted by atomic mass is 9.92. The molecule has 0 saturated carbocycles. The number of nitrogens with two attached hydrogens (primary N) is 1. The van der Waals surface area contributed by atoms with Crippen LogP contribution in [0, 0.1) is 5.92 Å². The highest BCUT2D eigenvalue weighted by atomic mass is 35.5. The summed E-state index contributed by atoms with van der Waals surface area (Å²) in [5.74, 6) is 0.180. The Kier molecular flexibility index (Phi) is 11.0. The normalized spacial score (nSPS) is 21.1. The molecule has 3 N–H and O–H groups in total. The van der Waals surface area contributed by atoms with Crippen LogP contribution in [0.3, 0.4) is 0 Å². The average Bonchev–Trinajstić information content (AvgIpc) is 3.17.